The average molecular weight is 215 g/mol. The van der Waals surface area contributed by atoms with Gasteiger partial charge < -0.3 is 11.5 Å². The molecule has 0 amide bonds. The van der Waals surface area contributed by atoms with Gasteiger partial charge in [-0.3, -0.25) is 0 Å². The second kappa shape index (κ2) is 6.02. The Labute approximate surface area is 92.1 Å². The first-order valence-electron chi connectivity index (χ1n) is 4.68. The van der Waals surface area contributed by atoms with Crippen molar-refractivity contribution in [1.82, 2.24) is 0 Å². The van der Waals surface area contributed by atoms with Crippen LogP contribution in [0.25, 0.3) is 0 Å². The van der Waals surface area contributed by atoms with E-state index in [1.165, 1.54) is 16.7 Å². The average Bonchev–Trinajstić information content (AvgIpc) is 2.09. The molecule has 0 spiro atoms. The lowest BCUT2D eigenvalue weighted by Gasteiger charge is -2.14. The van der Waals surface area contributed by atoms with E-state index in [2.05, 4.69) is 32.0 Å². The molecule has 0 aliphatic heterocycles. The lowest BCUT2D eigenvalue weighted by atomic mass is 9.97. The SMILES string of the molecule is Cc1ccc(C)c([C@@H](N)CCN)c1.Cl. The Morgan fingerprint density at radius 1 is 1.29 bits per heavy atom. The molecule has 0 aromatic heterocycles. The number of benzene rings is 1. The second-order valence-electron chi connectivity index (χ2n) is 3.54. The molecule has 3 heteroatoms. The molecule has 0 radical (unpaired) electrons. The van der Waals surface area contributed by atoms with E-state index in [1.54, 1.807) is 0 Å². The Kier molecular flexibility index (Phi) is 5.77. The minimum absolute atomic E-state index is 0. The summed E-state index contributed by atoms with van der Waals surface area (Å²) >= 11 is 0. The van der Waals surface area contributed by atoms with Crippen LogP contribution in [0.15, 0.2) is 18.2 Å². The van der Waals surface area contributed by atoms with Crippen LogP contribution in [0.2, 0.25) is 0 Å². The molecule has 0 heterocycles. The molecule has 1 aromatic carbocycles. The molecule has 0 bridgehead atoms. The van der Waals surface area contributed by atoms with Gasteiger partial charge in [0, 0.05) is 6.04 Å². The summed E-state index contributed by atoms with van der Waals surface area (Å²) in [5, 5.41) is 0. The molecule has 0 aliphatic carbocycles. The van der Waals surface area contributed by atoms with Gasteiger partial charge in [0.1, 0.15) is 0 Å². The van der Waals surface area contributed by atoms with Gasteiger partial charge in [-0.1, -0.05) is 23.8 Å². The number of rotatable bonds is 3. The van der Waals surface area contributed by atoms with Gasteiger partial charge in [0.2, 0.25) is 0 Å². The van der Waals surface area contributed by atoms with Crippen molar-refractivity contribution in [3.63, 3.8) is 0 Å². The fourth-order valence-corrected chi connectivity index (χ4v) is 1.49. The van der Waals surface area contributed by atoms with Crippen molar-refractivity contribution in [1.29, 1.82) is 0 Å². The highest BCUT2D eigenvalue weighted by atomic mass is 35.5. The Morgan fingerprint density at radius 2 is 1.93 bits per heavy atom. The molecule has 0 fully saturated rings. The Balaban J connectivity index is 0.00000169. The van der Waals surface area contributed by atoms with Gasteiger partial charge in [-0.15, -0.1) is 12.4 Å². The lowest BCUT2D eigenvalue weighted by Crippen LogP contribution is -2.16. The van der Waals surface area contributed by atoms with Crippen LogP contribution in [-0.2, 0) is 0 Å². The van der Waals surface area contributed by atoms with E-state index >= 15 is 0 Å². The quantitative estimate of drug-likeness (QED) is 0.810. The minimum atomic E-state index is 0. The van der Waals surface area contributed by atoms with Gasteiger partial charge in [0.25, 0.3) is 0 Å². The van der Waals surface area contributed by atoms with E-state index in [0.29, 0.717) is 6.54 Å². The molecule has 0 saturated carbocycles. The third-order valence-electron chi connectivity index (χ3n) is 2.31. The van der Waals surface area contributed by atoms with Crippen LogP contribution in [0.1, 0.15) is 29.2 Å². The van der Waals surface area contributed by atoms with Crippen LogP contribution >= 0.6 is 12.4 Å². The van der Waals surface area contributed by atoms with Crippen molar-refractivity contribution in [3.8, 4) is 0 Å². The molecule has 0 unspecified atom stereocenters. The summed E-state index contributed by atoms with van der Waals surface area (Å²) in [6.07, 6.45) is 0.851. The van der Waals surface area contributed by atoms with Gasteiger partial charge >= 0.3 is 0 Å². The van der Waals surface area contributed by atoms with Gasteiger partial charge in [0.15, 0.2) is 0 Å². The Hall–Kier alpha value is -0.570. The molecule has 14 heavy (non-hydrogen) atoms. The van der Waals surface area contributed by atoms with Crippen molar-refractivity contribution in [2.75, 3.05) is 6.54 Å². The summed E-state index contributed by atoms with van der Waals surface area (Å²) in [6.45, 7) is 4.82. The zero-order valence-corrected chi connectivity index (χ0v) is 9.60. The van der Waals surface area contributed by atoms with Crippen molar-refractivity contribution >= 4 is 12.4 Å². The first kappa shape index (κ1) is 13.4. The molecular formula is C11H19ClN2. The molecule has 80 valence electrons. The number of halogens is 1. The molecule has 0 saturated heterocycles. The maximum atomic E-state index is 6.00. The first-order chi connectivity index (χ1) is 6.15. The van der Waals surface area contributed by atoms with Gasteiger partial charge in [-0.25, -0.2) is 0 Å². The summed E-state index contributed by atoms with van der Waals surface area (Å²) in [7, 11) is 0. The molecular weight excluding hydrogens is 196 g/mol. The van der Waals surface area contributed by atoms with Crippen LogP contribution in [0.4, 0.5) is 0 Å². The predicted molar refractivity (Wildman–Crippen MR) is 63.8 cm³/mol. The first-order valence-corrected chi connectivity index (χ1v) is 4.68. The van der Waals surface area contributed by atoms with Gasteiger partial charge in [0.05, 0.1) is 0 Å². The fraction of sp³-hybridized carbons (Fsp3) is 0.455. The topological polar surface area (TPSA) is 52.0 Å². The number of aryl methyl sites for hydroxylation is 2. The third kappa shape index (κ3) is 3.29. The van der Waals surface area contributed by atoms with E-state index < -0.39 is 0 Å². The molecule has 2 nitrogen and oxygen atoms in total. The summed E-state index contributed by atoms with van der Waals surface area (Å²) in [4.78, 5) is 0. The molecule has 0 aliphatic rings. The third-order valence-corrected chi connectivity index (χ3v) is 2.31. The largest absolute Gasteiger partial charge is 0.330 e. The van der Waals surface area contributed by atoms with E-state index in [1.807, 2.05) is 0 Å². The normalized spacial score (nSPS) is 12.0. The van der Waals surface area contributed by atoms with E-state index in [-0.39, 0.29) is 18.4 Å². The highest BCUT2D eigenvalue weighted by Crippen LogP contribution is 2.19. The molecule has 1 atom stereocenters. The molecule has 1 aromatic rings. The summed E-state index contributed by atoms with van der Waals surface area (Å²) in [5.74, 6) is 0. The van der Waals surface area contributed by atoms with Crippen LogP contribution < -0.4 is 11.5 Å². The Bertz CT molecular complexity index is 287. The zero-order valence-electron chi connectivity index (χ0n) is 8.79. The number of hydrogen-bond acceptors (Lipinski definition) is 2. The molecule has 4 N–H and O–H groups in total. The maximum Gasteiger partial charge on any atom is 0.0309 e. The van der Waals surface area contributed by atoms with E-state index in [9.17, 15) is 0 Å². The van der Waals surface area contributed by atoms with Gasteiger partial charge in [-0.05, 0) is 37.9 Å². The van der Waals surface area contributed by atoms with Crippen LogP contribution in [0.3, 0.4) is 0 Å². The van der Waals surface area contributed by atoms with Crippen LogP contribution in [0.5, 0.6) is 0 Å². The van der Waals surface area contributed by atoms with Crippen LogP contribution in [-0.4, -0.2) is 6.54 Å². The minimum Gasteiger partial charge on any atom is -0.330 e. The highest BCUT2D eigenvalue weighted by molar-refractivity contribution is 5.85. The summed E-state index contributed by atoms with van der Waals surface area (Å²) in [6, 6.07) is 6.45. The van der Waals surface area contributed by atoms with E-state index in [4.69, 9.17) is 11.5 Å². The van der Waals surface area contributed by atoms with E-state index in [0.717, 1.165) is 6.42 Å². The highest BCUT2D eigenvalue weighted by Gasteiger charge is 2.07. The zero-order chi connectivity index (χ0) is 9.84. The summed E-state index contributed by atoms with van der Waals surface area (Å²) < 4.78 is 0. The van der Waals surface area contributed by atoms with Gasteiger partial charge in [-0.2, -0.15) is 0 Å². The predicted octanol–water partition coefficient (Wildman–Crippen LogP) is 2.07. The summed E-state index contributed by atoms with van der Waals surface area (Å²) in [5.41, 5.74) is 15.2. The lowest BCUT2D eigenvalue weighted by molar-refractivity contribution is 0.657. The molecule has 1 rings (SSSR count). The van der Waals surface area contributed by atoms with Crippen molar-refractivity contribution in [2.24, 2.45) is 11.5 Å². The van der Waals surface area contributed by atoms with Crippen LogP contribution in [0, 0.1) is 13.8 Å². The fourth-order valence-electron chi connectivity index (χ4n) is 1.49. The monoisotopic (exact) mass is 214 g/mol. The van der Waals surface area contributed by atoms with Crippen molar-refractivity contribution in [3.05, 3.63) is 34.9 Å². The van der Waals surface area contributed by atoms with Crippen molar-refractivity contribution < 1.29 is 0 Å². The number of nitrogens with two attached hydrogens (primary N) is 2. The standard InChI is InChI=1S/C11H18N2.ClH/c1-8-3-4-9(2)10(7-8)11(13)5-6-12;/h3-4,7,11H,5-6,12-13H2,1-2H3;1H/t11-;/m0./s1. The van der Waals surface area contributed by atoms with Crippen molar-refractivity contribution in [2.45, 2.75) is 26.3 Å². The smallest absolute Gasteiger partial charge is 0.0309 e. The Morgan fingerprint density at radius 3 is 2.50 bits per heavy atom. The number of hydrogen-bond donors (Lipinski definition) is 2. The maximum absolute atomic E-state index is 6.00. The second-order valence-corrected chi connectivity index (χ2v) is 3.54.